The highest BCUT2D eigenvalue weighted by molar-refractivity contribution is 5.29. The molecular formula is C12H18FNO3. The molecule has 0 aliphatic heterocycles. The molecule has 0 fully saturated rings. The van der Waals surface area contributed by atoms with Crippen LogP contribution in [-0.2, 0) is 11.3 Å². The first-order valence-corrected chi connectivity index (χ1v) is 5.52. The number of ether oxygens (including phenoxy) is 2. The van der Waals surface area contributed by atoms with Gasteiger partial charge in [0.25, 0.3) is 0 Å². The summed E-state index contributed by atoms with van der Waals surface area (Å²) in [6.07, 6.45) is 0. The molecule has 0 atom stereocenters. The third kappa shape index (κ3) is 5.12. The monoisotopic (exact) mass is 243 g/mol. The SMILES string of the molecule is CNCc1ccc(OCCOCCO)c(F)c1. The zero-order valence-electron chi connectivity index (χ0n) is 9.91. The summed E-state index contributed by atoms with van der Waals surface area (Å²) >= 11 is 0. The van der Waals surface area contributed by atoms with Gasteiger partial charge in [0.2, 0.25) is 0 Å². The number of nitrogens with one attached hydrogen (secondary N) is 1. The smallest absolute Gasteiger partial charge is 0.165 e. The van der Waals surface area contributed by atoms with Crippen LogP contribution in [0.15, 0.2) is 18.2 Å². The number of aliphatic hydroxyl groups is 1. The predicted octanol–water partition coefficient (Wildman–Crippen LogP) is 0.933. The Morgan fingerprint density at radius 1 is 1.29 bits per heavy atom. The van der Waals surface area contributed by atoms with Crippen LogP contribution in [-0.4, -0.2) is 38.6 Å². The minimum atomic E-state index is -0.375. The summed E-state index contributed by atoms with van der Waals surface area (Å²) in [6.45, 7) is 1.47. The van der Waals surface area contributed by atoms with E-state index in [-0.39, 0.29) is 31.4 Å². The molecule has 4 nitrogen and oxygen atoms in total. The summed E-state index contributed by atoms with van der Waals surface area (Å²) in [5, 5.41) is 11.4. The van der Waals surface area contributed by atoms with Gasteiger partial charge in [-0.2, -0.15) is 0 Å². The van der Waals surface area contributed by atoms with Gasteiger partial charge in [-0.15, -0.1) is 0 Å². The Hall–Kier alpha value is -1.17. The zero-order valence-corrected chi connectivity index (χ0v) is 9.91. The second-order valence-electron chi connectivity index (χ2n) is 3.48. The van der Waals surface area contributed by atoms with Crippen molar-refractivity contribution in [3.63, 3.8) is 0 Å². The van der Waals surface area contributed by atoms with Crippen LogP contribution < -0.4 is 10.1 Å². The quantitative estimate of drug-likeness (QED) is 0.667. The van der Waals surface area contributed by atoms with E-state index < -0.39 is 0 Å². The van der Waals surface area contributed by atoms with Crippen molar-refractivity contribution in [2.24, 2.45) is 0 Å². The van der Waals surface area contributed by atoms with E-state index in [1.807, 2.05) is 6.07 Å². The summed E-state index contributed by atoms with van der Waals surface area (Å²) in [4.78, 5) is 0. The molecule has 0 heterocycles. The lowest BCUT2D eigenvalue weighted by Gasteiger charge is -2.08. The lowest BCUT2D eigenvalue weighted by molar-refractivity contribution is 0.0696. The van der Waals surface area contributed by atoms with E-state index in [2.05, 4.69) is 5.32 Å². The average Bonchev–Trinajstić information content (AvgIpc) is 2.32. The molecule has 96 valence electrons. The Morgan fingerprint density at radius 3 is 2.76 bits per heavy atom. The Bertz CT molecular complexity index is 334. The van der Waals surface area contributed by atoms with Crippen LogP contribution in [0.25, 0.3) is 0 Å². The van der Waals surface area contributed by atoms with Gasteiger partial charge in [-0.1, -0.05) is 6.07 Å². The molecule has 0 saturated heterocycles. The Balaban J connectivity index is 2.38. The van der Waals surface area contributed by atoms with Gasteiger partial charge in [-0.3, -0.25) is 0 Å². The summed E-state index contributed by atoms with van der Waals surface area (Å²) in [5.74, 6) is -0.155. The second kappa shape index (κ2) is 8.00. The van der Waals surface area contributed by atoms with E-state index >= 15 is 0 Å². The van der Waals surface area contributed by atoms with Gasteiger partial charge in [-0.25, -0.2) is 4.39 Å². The van der Waals surface area contributed by atoms with E-state index in [4.69, 9.17) is 14.6 Å². The van der Waals surface area contributed by atoms with Gasteiger partial charge in [-0.05, 0) is 24.7 Å². The van der Waals surface area contributed by atoms with Gasteiger partial charge in [0, 0.05) is 6.54 Å². The van der Waals surface area contributed by atoms with Gasteiger partial charge >= 0.3 is 0 Å². The molecule has 2 N–H and O–H groups in total. The van der Waals surface area contributed by atoms with Crippen molar-refractivity contribution in [1.82, 2.24) is 5.32 Å². The molecule has 0 spiro atoms. The van der Waals surface area contributed by atoms with Crippen molar-refractivity contribution in [3.05, 3.63) is 29.6 Å². The molecule has 0 unspecified atom stereocenters. The Kier molecular flexibility index (Phi) is 6.54. The molecule has 0 aliphatic carbocycles. The summed E-state index contributed by atoms with van der Waals surface area (Å²) in [6, 6.07) is 4.86. The lowest BCUT2D eigenvalue weighted by atomic mass is 10.2. The summed E-state index contributed by atoms with van der Waals surface area (Å²) < 4.78 is 23.7. The molecule has 17 heavy (non-hydrogen) atoms. The normalized spacial score (nSPS) is 10.5. The molecule has 5 heteroatoms. The average molecular weight is 243 g/mol. The fourth-order valence-corrected chi connectivity index (χ4v) is 1.35. The molecule has 0 saturated carbocycles. The fourth-order valence-electron chi connectivity index (χ4n) is 1.35. The van der Waals surface area contributed by atoms with Gasteiger partial charge in [0.05, 0.1) is 19.8 Å². The highest BCUT2D eigenvalue weighted by Gasteiger charge is 2.04. The maximum Gasteiger partial charge on any atom is 0.165 e. The van der Waals surface area contributed by atoms with Crippen molar-refractivity contribution in [3.8, 4) is 5.75 Å². The predicted molar refractivity (Wildman–Crippen MR) is 62.6 cm³/mol. The number of halogens is 1. The van der Waals surface area contributed by atoms with E-state index in [1.165, 1.54) is 6.07 Å². The maximum atomic E-state index is 13.5. The third-order valence-corrected chi connectivity index (χ3v) is 2.10. The molecule has 1 rings (SSSR count). The fraction of sp³-hybridized carbons (Fsp3) is 0.500. The third-order valence-electron chi connectivity index (χ3n) is 2.10. The van der Waals surface area contributed by atoms with Crippen molar-refractivity contribution in [2.75, 3.05) is 33.5 Å². The van der Waals surface area contributed by atoms with Crippen LogP contribution in [0.2, 0.25) is 0 Å². The second-order valence-corrected chi connectivity index (χ2v) is 3.48. The Morgan fingerprint density at radius 2 is 2.12 bits per heavy atom. The van der Waals surface area contributed by atoms with E-state index in [0.29, 0.717) is 13.2 Å². The first-order valence-electron chi connectivity index (χ1n) is 5.52. The van der Waals surface area contributed by atoms with Crippen LogP contribution in [0.3, 0.4) is 0 Å². The first kappa shape index (κ1) is 13.9. The zero-order chi connectivity index (χ0) is 12.5. The van der Waals surface area contributed by atoms with Gasteiger partial charge in [0.15, 0.2) is 11.6 Å². The standard InChI is InChI=1S/C12H18FNO3/c1-14-9-10-2-3-12(11(13)8-10)17-7-6-16-5-4-15/h2-3,8,14-15H,4-7,9H2,1H3. The van der Waals surface area contributed by atoms with E-state index in [9.17, 15) is 4.39 Å². The van der Waals surface area contributed by atoms with Crippen LogP contribution in [0.4, 0.5) is 4.39 Å². The number of benzene rings is 1. The number of hydrogen-bond donors (Lipinski definition) is 2. The molecule has 0 aliphatic rings. The highest BCUT2D eigenvalue weighted by Crippen LogP contribution is 2.18. The molecular weight excluding hydrogens is 225 g/mol. The molecule has 0 radical (unpaired) electrons. The highest BCUT2D eigenvalue weighted by atomic mass is 19.1. The molecule has 0 bridgehead atoms. The molecule has 1 aromatic rings. The number of aliphatic hydroxyl groups excluding tert-OH is 1. The maximum absolute atomic E-state index is 13.5. The minimum absolute atomic E-state index is 0.0208. The van der Waals surface area contributed by atoms with Crippen LogP contribution in [0.1, 0.15) is 5.56 Å². The lowest BCUT2D eigenvalue weighted by Crippen LogP contribution is -2.10. The van der Waals surface area contributed by atoms with Crippen molar-refractivity contribution in [2.45, 2.75) is 6.54 Å². The van der Waals surface area contributed by atoms with E-state index in [1.54, 1.807) is 13.1 Å². The molecule has 1 aromatic carbocycles. The van der Waals surface area contributed by atoms with Gasteiger partial charge in [0.1, 0.15) is 6.61 Å². The minimum Gasteiger partial charge on any atom is -0.488 e. The van der Waals surface area contributed by atoms with Crippen LogP contribution in [0, 0.1) is 5.82 Å². The summed E-state index contributed by atoms with van der Waals surface area (Å²) in [7, 11) is 1.81. The van der Waals surface area contributed by atoms with Crippen LogP contribution >= 0.6 is 0 Å². The van der Waals surface area contributed by atoms with Crippen molar-refractivity contribution in [1.29, 1.82) is 0 Å². The van der Waals surface area contributed by atoms with Crippen LogP contribution in [0.5, 0.6) is 5.75 Å². The Labute approximate surface area is 100 Å². The molecule has 0 aromatic heterocycles. The number of hydrogen-bond acceptors (Lipinski definition) is 4. The largest absolute Gasteiger partial charge is 0.488 e. The van der Waals surface area contributed by atoms with E-state index in [0.717, 1.165) is 5.56 Å². The number of rotatable bonds is 8. The first-order chi connectivity index (χ1) is 8.27. The van der Waals surface area contributed by atoms with Gasteiger partial charge < -0.3 is 19.9 Å². The topological polar surface area (TPSA) is 50.7 Å². The van der Waals surface area contributed by atoms with Crippen molar-refractivity contribution < 1.29 is 19.0 Å². The van der Waals surface area contributed by atoms with Crippen molar-refractivity contribution >= 4 is 0 Å². The molecule has 0 amide bonds. The summed E-state index contributed by atoms with van der Waals surface area (Å²) in [5.41, 5.74) is 0.869.